The van der Waals surface area contributed by atoms with E-state index < -0.39 is 0 Å². The van der Waals surface area contributed by atoms with Gasteiger partial charge in [-0.15, -0.1) is 24.0 Å². The van der Waals surface area contributed by atoms with Crippen molar-refractivity contribution >= 4 is 29.9 Å². The Bertz CT molecular complexity index is 567. The molecule has 1 N–H and O–H groups in total. The number of aromatic nitrogens is 1. The van der Waals surface area contributed by atoms with E-state index in [2.05, 4.69) is 51.0 Å². The molecule has 8 nitrogen and oxygen atoms in total. The van der Waals surface area contributed by atoms with Crippen LogP contribution in [0.1, 0.15) is 19.5 Å². The molecule has 0 amide bonds. The normalized spacial score (nSPS) is 21.4. The van der Waals surface area contributed by atoms with Crippen LogP contribution in [0.3, 0.4) is 0 Å². The number of nitrogens with zero attached hydrogens (tertiary/aromatic N) is 6. The Balaban J connectivity index is 0.00000280. The summed E-state index contributed by atoms with van der Waals surface area (Å²) < 4.78 is 4.93. The number of guanidine groups is 1. The third-order valence-electron chi connectivity index (χ3n) is 5.55. The summed E-state index contributed by atoms with van der Waals surface area (Å²) in [7, 11) is 2.20. The van der Waals surface area contributed by atoms with E-state index in [0.29, 0.717) is 6.04 Å². The van der Waals surface area contributed by atoms with Crippen molar-refractivity contribution in [2.24, 2.45) is 4.99 Å². The van der Waals surface area contributed by atoms with Gasteiger partial charge in [0.05, 0.1) is 12.2 Å². The number of hydrogen-bond donors (Lipinski definition) is 1. The molecule has 1 aromatic heterocycles. The van der Waals surface area contributed by atoms with Crippen LogP contribution in [0.5, 0.6) is 0 Å². The van der Waals surface area contributed by atoms with Gasteiger partial charge >= 0.3 is 0 Å². The van der Waals surface area contributed by atoms with Crippen LogP contribution >= 0.6 is 24.0 Å². The van der Waals surface area contributed by atoms with E-state index in [-0.39, 0.29) is 24.0 Å². The van der Waals surface area contributed by atoms with Gasteiger partial charge in [0, 0.05) is 77.6 Å². The van der Waals surface area contributed by atoms with E-state index in [9.17, 15) is 0 Å². The maximum atomic E-state index is 4.96. The van der Waals surface area contributed by atoms with Crippen molar-refractivity contribution in [2.45, 2.75) is 26.4 Å². The first-order valence-corrected chi connectivity index (χ1v) is 10.2. The standard InChI is InChI=1S/C19H35N7O.HI/c1-4-20-19(21-15-17(2)25-10-6-23(3)7-11-25)26-12-8-24(9-13-26)16-18-5-14-27-22-18;/h5,14,17H,4,6-13,15-16H2,1-3H3,(H,20,21);1H. The zero-order chi connectivity index (χ0) is 19.1. The molecule has 1 atom stereocenters. The molecule has 2 fully saturated rings. The van der Waals surface area contributed by atoms with Crippen molar-refractivity contribution in [1.82, 2.24) is 30.1 Å². The van der Waals surface area contributed by atoms with E-state index in [0.717, 1.165) is 83.6 Å². The fourth-order valence-electron chi connectivity index (χ4n) is 3.69. The summed E-state index contributed by atoms with van der Waals surface area (Å²) in [5, 5.41) is 7.50. The lowest BCUT2D eigenvalue weighted by Crippen LogP contribution is -2.53. The Morgan fingerprint density at radius 2 is 1.89 bits per heavy atom. The summed E-state index contributed by atoms with van der Waals surface area (Å²) in [4.78, 5) is 14.7. The molecule has 2 aliphatic rings. The molecule has 28 heavy (non-hydrogen) atoms. The van der Waals surface area contributed by atoms with Crippen molar-refractivity contribution in [2.75, 3.05) is 72.5 Å². The highest BCUT2D eigenvalue weighted by Gasteiger charge is 2.22. The van der Waals surface area contributed by atoms with Crippen molar-refractivity contribution in [1.29, 1.82) is 0 Å². The van der Waals surface area contributed by atoms with Gasteiger partial charge in [-0.1, -0.05) is 5.16 Å². The van der Waals surface area contributed by atoms with Crippen molar-refractivity contribution in [3.05, 3.63) is 18.0 Å². The molecule has 1 aromatic rings. The summed E-state index contributed by atoms with van der Waals surface area (Å²) in [6.07, 6.45) is 1.64. The first-order valence-electron chi connectivity index (χ1n) is 10.2. The minimum Gasteiger partial charge on any atom is -0.364 e. The molecule has 0 spiro atoms. The monoisotopic (exact) mass is 505 g/mol. The quantitative estimate of drug-likeness (QED) is 0.352. The average Bonchev–Trinajstić information content (AvgIpc) is 3.19. The molecule has 2 saturated heterocycles. The summed E-state index contributed by atoms with van der Waals surface area (Å²) in [6.45, 7) is 15.7. The second-order valence-corrected chi connectivity index (χ2v) is 7.64. The van der Waals surface area contributed by atoms with Crippen molar-refractivity contribution in [3.63, 3.8) is 0 Å². The summed E-state index contributed by atoms with van der Waals surface area (Å²) in [6, 6.07) is 2.43. The third-order valence-corrected chi connectivity index (χ3v) is 5.55. The molecule has 0 bridgehead atoms. The molecule has 160 valence electrons. The van der Waals surface area contributed by atoms with Crippen LogP contribution in [0.15, 0.2) is 21.8 Å². The SMILES string of the molecule is CCNC(=NCC(C)N1CCN(C)CC1)N1CCN(Cc2ccon2)CC1.I. The van der Waals surface area contributed by atoms with Crippen LogP contribution in [0.2, 0.25) is 0 Å². The van der Waals surface area contributed by atoms with Gasteiger partial charge in [0.15, 0.2) is 5.96 Å². The molecule has 0 aliphatic carbocycles. The van der Waals surface area contributed by atoms with Crippen LogP contribution in [0, 0.1) is 0 Å². The predicted octanol–water partition coefficient (Wildman–Crippen LogP) is 1.01. The van der Waals surface area contributed by atoms with E-state index in [4.69, 9.17) is 9.52 Å². The highest BCUT2D eigenvalue weighted by molar-refractivity contribution is 14.0. The smallest absolute Gasteiger partial charge is 0.194 e. The molecule has 2 aliphatic heterocycles. The molecular formula is C19H36IN7O. The van der Waals surface area contributed by atoms with Crippen LogP contribution in [-0.4, -0.2) is 109 Å². The van der Waals surface area contributed by atoms with Crippen LogP contribution < -0.4 is 5.32 Å². The molecule has 3 rings (SSSR count). The maximum absolute atomic E-state index is 4.96. The van der Waals surface area contributed by atoms with Crippen LogP contribution in [0.4, 0.5) is 0 Å². The van der Waals surface area contributed by atoms with Gasteiger partial charge in [-0.25, -0.2) is 0 Å². The van der Waals surface area contributed by atoms with Gasteiger partial charge in [0.25, 0.3) is 0 Å². The number of piperazine rings is 2. The summed E-state index contributed by atoms with van der Waals surface area (Å²) >= 11 is 0. The Kier molecular flexibility index (Phi) is 9.96. The maximum Gasteiger partial charge on any atom is 0.194 e. The second kappa shape index (κ2) is 11.9. The Hall–Kier alpha value is -0.910. The zero-order valence-corrected chi connectivity index (χ0v) is 19.8. The topological polar surface area (TPSA) is 63.4 Å². The second-order valence-electron chi connectivity index (χ2n) is 7.64. The predicted molar refractivity (Wildman–Crippen MR) is 123 cm³/mol. The molecule has 9 heteroatoms. The molecule has 1 unspecified atom stereocenters. The van der Waals surface area contributed by atoms with Gasteiger partial charge in [-0.2, -0.15) is 0 Å². The number of halogens is 1. The molecular weight excluding hydrogens is 469 g/mol. The van der Waals surface area contributed by atoms with Gasteiger partial charge in [0.1, 0.15) is 6.26 Å². The van der Waals surface area contributed by atoms with Gasteiger partial charge in [-0.05, 0) is 20.9 Å². The molecule has 0 aromatic carbocycles. The lowest BCUT2D eigenvalue weighted by atomic mass is 10.2. The number of aliphatic imine (C=N–C) groups is 1. The number of rotatable bonds is 6. The first kappa shape index (κ1) is 23.4. The fraction of sp³-hybridized carbons (Fsp3) is 0.789. The lowest BCUT2D eigenvalue weighted by Gasteiger charge is -2.37. The van der Waals surface area contributed by atoms with Crippen molar-refractivity contribution in [3.8, 4) is 0 Å². The van der Waals surface area contributed by atoms with Crippen LogP contribution in [-0.2, 0) is 6.54 Å². The number of nitrogens with one attached hydrogen (secondary N) is 1. The minimum absolute atomic E-state index is 0. The third kappa shape index (κ3) is 6.85. The average molecular weight is 505 g/mol. The number of hydrogen-bond acceptors (Lipinski definition) is 6. The summed E-state index contributed by atoms with van der Waals surface area (Å²) in [5.74, 6) is 1.06. The zero-order valence-electron chi connectivity index (χ0n) is 17.5. The first-order chi connectivity index (χ1) is 13.2. The van der Waals surface area contributed by atoms with Crippen molar-refractivity contribution < 1.29 is 4.52 Å². The van der Waals surface area contributed by atoms with E-state index >= 15 is 0 Å². The van der Waals surface area contributed by atoms with Gasteiger partial charge in [-0.3, -0.25) is 14.8 Å². The van der Waals surface area contributed by atoms with Crippen LogP contribution in [0.25, 0.3) is 0 Å². The highest BCUT2D eigenvalue weighted by atomic mass is 127. The van der Waals surface area contributed by atoms with E-state index in [1.54, 1.807) is 6.26 Å². The molecule has 3 heterocycles. The molecule has 0 radical (unpaired) electrons. The Labute approximate surface area is 186 Å². The largest absolute Gasteiger partial charge is 0.364 e. The lowest BCUT2D eigenvalue weighted by molar-refractivity contribution is 0.121. The summed E-state index contributed by atoms with van der Waals surface area (Å²) in [5.41, 5.74) is 1.00. The van der Waals surface area contributed by atoms with E-state index in [1.165, 1.54) is 0 Å². The highest BCUT2D eigenvalue weighted by Crippen LogP contribution is 2.09. The number of likely N-dealkylation sites (N-methyl/N-ethyl adjacent to an activating group) is 1. The van der Waals surface area contributed by atoms with Gasteiger partial charge < -0.3 is 19.6 Å². The minimum atomic E-state index is 0. The van der Waals surface area contributed by atoms with Gasteiger partial charge in [0.2, 0.25) is 0 Å². The Morgan fingerprint density at radius 3 is 2.50 bits per heavy atom. The fourth-order valence-corrected chi connectivity index (χ4v) is 3.69. The van der Waals surface area contributed by atoms with E-state index in [1.807, 2.05) is 6.07 Å². The molecule has 0 saturated carbocycles. The Morgan fingerprint density at radius 1 is 1.18 bits per heavy atom.